The first-order chi connectivity index (χ1) is 27.7. The largest absolute Gasteiger partial charge is 0.456 e. The van der Waals surface area contributed by atoms with Crippen LogP contribution in [0, 0.1) is 41.5 Å². The third kappa shape index (κ3) is 5.72. The van der Waals surface area contributed by atoms with Crippen LogP contribution in [0.3, 0.4) is 0 Å². The summed E-state index contributed by atoms with van der Waals surface area (Å²) in [5.74, 6) is 1.76. The molecule has 0 N–H and O–H groups in total. The van der Waals surface area contributed by atoms with Gasteiger partial charge in [-0.2, -0.15) is 0 Å². The van der Waals surface area contributed by atoms with Gasteiger partial charge in [0.25, 0.3) is 0 Å². The molecule has 0 radical (unpaired) electrons. The Morgan fingerprint density at radius 2 is 1.05 bits per heavy atom. The van der Waals surface area contributed by atoms with Gasteiger partial charge in [0.05, 0.1) is 5.69 Å². The lowest BCUT2D eigenvalue weighted by atomic mass is 9.34. The van der Waals surface area contributed by atoms with Gasteiger partial charge < -0.3 is 9.64 Å². The van der Waals surface area contributed by atoms with Crippen LogP contribution in [-0.2, 0) is 0 Å². The molecule has 0 aromatic heterocycles. The second-order valence-corrected chi connectivity index (χ2v) is 16.0. The number of hydrogen-bond donors (Lipinski definition) is 0. The van der Waals surface area contributed by atoms with E-state index in [1.165, 1.54) is 93.3 Å². The van der Waals surface area contributed by atoms with E-state index in [0.29, 0.717) is 0 Å². The van der Waals surface area contributed by atoms with Crippen LogP contribution in [0.4, 0.5) is 17.1 Å². The summed E-state index contributed by atoms with van der Waals surface area (Å²) in [6.45, 7) is 13.4. The van der Waals surface area contributed by atoms with Gasteiger partial charge in [-0.05, 0) is 115 Å². The van der Waals surface area contributed by atoms with Gasteiger partial charge in [0.2, 0.25) is 6.71 Å². The Morgan fingerprint density at radius 1 is 0.421 bits per heavy atom. The summed E-state index contributed by atoms with van der Waals surface area (Å²) in [5.41, 5.74) is 17.3. The number of anilines is 3. The summed E-state index contributed by atoms with van der Waals surface area (Å²) >= 11 is 0. The summed E-state index contributed by atoms with van der Waals surface area (Å²) in [6.07, 6.45) is 0. The average Bonchev–Trinajstić information content (AvgIpc) is 3.21. The molecular formula is C54H44BNO. The smallest absolute Gasteiger partial charge is 0.243 e. The fourth-order valence-electron chi connectivity index (χ4n) is 9.78. The van der Waals surface area contributed by atoms with Crippen LogP contribution >= 0.6 is 0 Å². The second-order valence-electron chi connectivity index (χ2n) is 16.0. The third-order valence-corrected chi connectivity index (χ3v) is 12.3. The van der Waals surface area contributed by atoms with Crippen LogP contribution in [0.2, 0.25) is 0 Å². The van der Waals surface area contributed by atoms with Crippen molar-refractivity contribution in [1.82, 2.24) is 0 Å². The van der Waals surface area contributed by atoms with E-state index >= 15 is 0 Å². The summed E-state index contributed by atoms with van der Waals surface area (Å²) in [5, 5.41) is 7.40. The van der Waals surface area contributed by atoms with Crippen molar-refractivity contribution >= 4 is 72.5 Å². The Labute approximate surface area is 336 Å². The third-order valence-electron chi connectivity index (χ3n) is 12.3. The molecule has 2 nitrogen and oxygen atoms in total. The Balaban J connectivity index is 1.14. The summed E-state index contributed by atoms with van der Waals surface area (Å²) in [6, 6.07) is 58.2. The maximum Gasteiger partial charge on any atom is 0.243 e. The molecule has 1 aliphatic rings. The van der Waals surface area contributed by atoms with Crippen LogP contribution in [0.5, 0.6) is 11.5 Å². The quantitative estimate of drug-likeness (QED) is 0.125. The number of ether oxygens (including phenoxy) is 1. The highest BCUT2D eigenvalue weighted by Crippen LogP contribution is 2.49. The predicted molar refractivity (Wildman–Crippen MR) is 245 cm³/mol. The van der Waals surface area contributed by atoms with Crippen LogP contribution in [0.15, 0.2) is 158 Å². The van der Waals surface area contributed by atoms with Crippen molar-refractivity contribution in [3.8, 4) is 22.6 Å². The van der Waals surface area contributed by atoms with Crippen LogP contribution in [0.1, 0.15) is 33.4 Å². The number of rotatable bonds is 6. The molecule has 0 spiro atoms. The maximum absolute atomic E-state index is 7.00. The van der Waals surface area contributed by atoms with E-state index in [1.807, 2.05) is 0 Å². The maximum atomic E-state index is 7.00. The van der Waals surface area contributed by atoms with E-state index in [1.54, 1.807) is 0 Å². The van der Waals surface area contributed by atoms with Crippen molar-refractivity contribution in [2.45, 2.75) is 41.5 Å². The van der Waals surface area contributed by atoms with Crippen LogP contribution in [-0.4, -0.2) is 6.71 Å². The first-order valence-corrected chi connectivity index (χ1v) is 20.0. The lowest BCUT2D eigenvalue weighted by Crippen LogP contribution is -2.55. The number of benzene rings is 9. The highest BCUT2D eigenvalue weighted by atomic mass is 16.5. The first kappa shape index (κ1) is 34.9. The molecule has 10 rings (SSSR count). The summed E-state index contributed by atoms with van der Waals surface area (Å²) in [4.78, 5) is 2.42. The minimum atomic E-state index is 0.0787. The van der Waals surface area contributed by atoms with Gasteiger partial charge in [0.1, 0.15) is 11.5 Å². The highest BCUT2D eigenvalue weighted by molar-refractivity contribution is 6.97. The normalized spacial score (nSPS) is 11.8. The van der Waals surface area contributed by atoms with Gasteiger partial charge in [0.15, 0.2) is 0 Å². The van der Waals surface area contributed by atoms with Crippen molar-refractivity contribution in [3.05, 3.63) is 191 Å². The molecule has 0 unspecified atom stereocenters. The number of hydrogen-bond acceptors (Lipinski definition) is 2. The Morgan fingerprint density at radius 3 is 1.86 bits per heavy atom. The van der Waals surface area contributed by atoms with Crippen molar-refractivity contribution in [1.29, 1.82) is 0 Å². The molecule has 0 atom stereocenters. The van der Waals surface area contributed by atoms with Crippen molar-refractivity contribution in [3.63, 3.8) is 0 Å². The average molecular weight is 734 g/mol. The topological polar surface area (TPSA) is 12.5 Å². The lowest BCUT2D eigenvalue weighted by Gasteiger charge is -2.31. The fourth-order valence-corrected chi connectivity index (χ4v) is 9.78. The lowest BCUT2D eigenvalue weighted by molar-refractivity contribution is 0.487. The van der Waals surface area contributed by atoms with E-state index in [0.717, 1.165) is 28.4 Å². The molecule has 57 heavy (non-hydrogen) atoms. The molecule has 1 heterocycles. The fraction of sp³-hybridized carbons (Fsp3) is 0.111. The number of aryl methyl sites for hydroxylation is 6. The van der Waals surface area contributed by atoms with Gasteiger partial charge in [-0.3, -0.25) is 0 Å². The molecule has 274 valence electrons. The van der Waals surface area contributed by atoms with E-state index in [2.05, 4.69) is 204 Å². The zero-order valence-electron chi connectivity index (χ0n) is 33.4. The molecule has 1 aliphatic heterocycles. The molecule has 0 saturated heterocycles. The Hall–Kier alpha value is -6.58. The van der Waals surface area contributed by atoms with Crippen LogP contribution in [0.25, 0.3) is 43.4 Å². The van der Waals surface area contributed by atoms with Gasteiger partial charge in [0, 0.05) is 28.4 Å². The standard InChI is InChI=1S/C54H44BNO/c1-33-29-37(5)54(38(6)30-33)56(41-23-25-44-40(31-41)22-21-39-16-8-9-17-43(39)44)42-24-26-45-46-27-28-49(47-18-12-20-50(52(46)47)57-51(45)32-42)55(48-19-10-7-13-34(48)2)53-35(3)14-11-15-36(53)4/h7-32H,1-6H3. The van der Waals surface area contributed by atoms with E-state index in [4.69, 9.17) is 4.74 Å². The van der Waals surface area contributed by atoms with Crippen molar-refractivity contribution in [2.75, 3.05) is 4.90 Å². The number of fused-ring (bicyclic) bond motifs is 5. The van der Waals surface area contributed by atoms with Crippen molar-refractivity contribution in [2.24, 2.45) is 0 Å². The highest BCUT2D eigenvalue weighted by Gasteiger charge is 2.31. The minimum Gasteiger partial charge on any atom is -0.456 e. The molecule has 0 fully saturated rings. The van der Waals surface area contributed by atoms with Gasteiger partial charge in [-0.15, -0.1) is 0 Å². The second kappa shape index (κ2) is 13.6. The summed E-state index contributed by atoms with van der Waals surface area (Å²) in [7, 11) is 0. The van der Waals surface area contributed by atoms with E-state index < -0.39 is 0 Å². The molecule has 3 heteroatoms. The first-order valence-electron chi connectivity index (χ1n) is 20.0. The molecule has 0 aliphatic carbocycles. The Kier molecular flexibility index (Phi) is 8.30. The van der Waals surface area contributed by atoms with Crippen LogP contribution < -0.4 is 26.0 Å². The molecule has 9 aromatic carbocycles. The number of nitrogens with zero attached hydrogens (tertiary/aromatic N) is 1. The van der Waals surface area contributed by atoms with E-state index in [9.17, 15) is 0 Å². The molecule has 0 amide bonds. The molecule has 0 saturated carbocycles. The molecular weight excluding hydrogens is 689 g/mol. The van der Waals surface area contributed by atoms with E-state index in [-0.39, 0.29) is 6.71 Å². The zero-order valence-corrected chi connectivity index (χ0v) is 33.4. The molecule has 0 bridgehead atoms. The van der Waals surface area contributed by atoms with Gasteiger partial charge in [-0.25, -0.2) is 0 Å². The molecule has 9 aromatic rings. The summed E-state index contributed by atoms with van der Waals surface area (Å²) < 4.78 is 7.00. The zero-order chi connectivity index (χ0) is 38.9. The van der Waals surface area contributed by atoms with Crippen molar-refractivity contribution < 1.29 is 4.74 Å². The predicted octanol–water partition coefficient (Wildman–Crippen LogP) is 12.8. The monoisotopic (exact) mass is 733 g/mol. The minimum absolute atomic E-state index is 0.0787. The SMILES string of the molecule is Cc1cc(C)c(N(c2ccc3c(c2)Oc2cccc4c(B(c5ccccc5C)c5c(C)cccc5C)ccc-3c24)c2ccc3c(ccc4ccccc43)c2)c(C)c1. The van der Waals surface area contributed by atoms with Gasteiger partial charge >= 0.3 is 0 Å². The Bertz CT molecular complexity index is 3040. The van der Waals surface area contributed by atoms with Gasteiger partial charge in [-0.1, -0.05) is 160 Å².